The highest BCUT2D eigenvalue weighted by Crippen LogP contribution is 2.09. The van der Waals surface area contributed by atoms with Gasteiger partial charge in [0.15, 0.2) is 5.96 Å². The van der Waals surface area contributed by atoms with Crippen LogP contribution < -0.4 is 11.1 Å². The van der Waals surface area contributed by atoms with Gasteiger partial charge in [-0.15, -0.1) is 24.0 Å². The Kier molecular flexibility index (Phi) is 6.43. The van der Waals surface area contributed by atoms with Crippen LogP contribution in [0.1, 0.15) is 18.3 Å². The van der Waals surface area contributed by atoms with E-state index in [0.717, 1.165) is 17.9 Å². The lowest BCUT2D eigenvalue weighted by Gasteiger charge is -2.06. The summed E-state index contributed by atoms with van der Waals surface area (Å²) in [4.78, 5) is 8.30. The van der Waals surface area contributed by atoms with Crippen molar-refractivity contribution < 1.29 is 0 Å². The Morgan fingerprint density at radius 2 is 2.05 bits per heavy atom. The van der Waals surface area contributed by atoms with Crippen LogP contribution in [0.25, 0.3) is 0 Å². The molecule has 2 aromatic rings. The zero-order valence-corrected chi connectivity index (χ0v) is 13.9. The summed E-state index contributed by atoms with van der Waals surface area (Å²) in [5, 5.41) is 7.02. The topological polar surface area (TPSA) is 81.1 Å². The summed E-state index contributed by atoms with van der Waals surface area (Å²) in [5.74, 6) is 1.14. The van der Waals surface area contributed by atoms with Crippen molar-refractivity contribution in [3.05, 3.63) is 42.0 Å². The summed E-state index contributed by atoms with van der Waals surface area (Å²) >= 11 is 0. The predicted molar refractivity (Wildman–Crippen MR) is 91.2 cm³/mol. The first-order chi connectivity index (χ1) is 9.19. The molecular formula is C13H19IN6. The molecule has 0 aliphatic rings. The molecule has 0 bridgehead atoms. The number of nitrogens with two attached hydrogens (primary N) is 1. The molecule has 0 unspecified atom stereocenters. The molecule has 6 nitrogen and oxygen atoms in total. The van der Waals surface area contributed by atoms with Crippen LogP contribution in [0, 0.1) is 0 Å². The second-order valence-corrected chi connectivity index (χ2v) is 4.18. The van der Waals surface area contributed by atoms with E-state index >= 15 is 0 Å². The molecule has 0 radical (unpaired) electrons. The van der Waals surface area contributed by atoms with Gasteiger partial charge < -0.3 is 11.1 Å². The van der Waals surface area contributed by atoms with Gasteiger partial charge in [-0.3, -0.25) is 4.68 Å². The summed E-state index contributed by atoms with van der Waals surface area (Å²) in [6.07, 6.45) is 2.52. The SMILES string of the molecule is CCc1ccc(NC(N)=NCc2ncnn2C)cc1.I. The van der Waals surface area contributed by atoms with Crippen molar-refractivity contribution in [2.45, 2.75) is 19.9 Å². The molecule has 108 valence electrons. The predicted octanol–water partition coefficient (Wildman–Crippen LogP) is 1.92. The maximum atomic E-state index is 5.82. The van der Waals surface area contributed by atoms with Crippen molar-refractivity contribution in [3.8, 4) is 0 Å². The molecule has 0 spiro atoms. The van der Waals surface area contributed by atoms with E-state index < -0.39 is 0 Å². The second kappa shape index (κ2) is 7.83. The lowest BCUT2D eigenvalue weighted by atomic mass is 10.1. The molecule has 1 aromatic heterocycles. The van der Waals surface area contributed by atoms with Crippen LogP contribution in [0.4, 0.5) is 5.69 Å². The van der Waals surface area contributed by atoms with Crippen LogP contribution in [-0.4, -0.2) is 20.7 Å². The first-order valence-corrected chi connectivity index (χ1v) is 6.17. The monoisotopic (exact) mass is 386 g/mol. The molecule has 0 atom stereocenters. The van der Waals surface area contributed by atoms with E-state index in [1.54, 1.807) is 4.68 Å². The van der Waals surface area contributed by atoms with Gasteiger partial charge in [0.2, 0.25) is 0 Å². The average Bonchev–Trinajstić information content (AvgIpc) is 2.83. The van der Waals surface area contributed by atoms with Crippen LogP contribution >= 0.6 is 24.0 Å². The highest BCUT2D eigenvalue weighted by atomic mass is 127. The van der Waals surface area contributed by atoms with E-state index in [9.17, 15) is 0 Å². The third-order valence-corrected chi connectivity index (χ3v) is 2.83. The van der Waals surface area contributed by atoms with Gasteiger partial charge in [0.05, 0.1) is 0 Å². The van der Waals surface area contributed by atoms with Crippen molar-refractivity contribution in [1.29, 1.82) is 0 Å². The number of hydrogen-bond acceptors (Lipinski definition) is 3. The first-order valence-electron chi connectivity index (χ1n) is 6.17. The van der Waals surface area contributed by atoms with E-state index in [2.05, 4.69) is 39.4 Å². The van der Waals surface area contributed by atoms with E-state index in [1.165, 1.54) is 11.9 Å². The smallest absolute Gasteiger partial charge is 0.193 e. The van der Waals surface area contributed by atoms with Crippen molar-refractivity contribution in [1.82, 2.24) is 14.8 Å². The van der Waals surface area contributed by atoms with Crippen molar-refractivity contribution in [2.75, 3.05) is 5.32 Å². The molecule has 0 amide bonds. The van der Waals surface area contributed by atoms with Crippen LogP contribution in [0.5, 0.6) is 0 Å². The Labute approximate surface area is 135 Å². The number of rotatable bonds is 4. The second-order valence-electron chi connectivity index (χ2n) is 4.18. The summed E-state index contributed by atoms with van der Waals surface area (Å²) in [6.45, 7) is 2.53. The van der Waals surface area contributed by atoms with Crippen molar-refractivity contribution in [3.63, 3.8) is 0 Å². The molecule has 7 heteroatoms. The Hall–Kier alpha value is -1.64. The Balaban J connectivity index is 0.00000200. The Morgan fingerprint density at radius 3 is 2.60 bits per heavy atom. The van der Waals surface area contributed by atoms with Crippen LogP contribution in [-0.2, 0) is 20.0 Å². The fourth-order valence-corrected chi connectivity index (χ4v) is 1.63. The fourth-order valence-electron chi connectivity index (χ4n) is 1.63. The summed E-state index contributed by atoms with van der Waals surface area (Å²) in [5.41, 5.74) is 8.04. The van der Waals surface area contributed by atoms with Gasteiger partial charge in [0.1, 0.15) is 18.7 Å². The van der Waals surface area contributed by atoms with Gasteiger partial charge in [0, 0.05) is 12.7 Å². The minimum Gasteiger partial charge on any atom is -0.370 e. The highest BCUT2D eigenvalue weighted by molar-refractivity contribution is 14.0. The molecule has 20 heavy (non-hydrogen) atoms. The number of halogens is 1. The lowest BCUT2D eigenvalue weighted by molar-refractivity contribution is 0.702. The van der Waals surface area contributed by atoms with E-state index in [1.807, 2.05) is 19.2 Å². The zero-order valence-electron chi connectivity index (χ0n) is 11.6. The van der Waals surface area contributed by atoms with Gasteiger partial charge in [-0.1, -0.05) is 19.1 Å². The summed E-state index contributed by atoms with van der Waals surface area (Å²) in [6, 6.07) is 8.11. The van der Waals surface area contributed by atoms with Gasteiger partial charge in [-0.25, -0.2) is 9.98 Å². The third-order valence-electron chi connectivity index (χ3n) is 2.83. The molecule has 0 saturated heterocycles. The number of benzene rings is 1. The first kappa shape index (κ1) is 16.4. The van der Waals surface area contributed by atoms with Crippen molar-refractivity contribution >= 4 is 35.6 Å². The minimum atomic E-state index is 0. The minimum absolute atomic E-state index is 0. The van der Waals surface area contributed by atoms with Crippen LogP contribution in [0.3, 0.4) is 0 Å². The van der Waals surface area contributed by atoms with Gasteiger partial charge in [0.25, 0.3) is 0 Å². The molecule has 1 heterocycles. The number of nitrogens with one attached hydrogen (secondary N) is 1. The fraction of sp³-hybridized carbons (Fsp3) is 0.308. The zero-order chi connectivity index (χ0) is 13.7. The molecule has 2 rings (SSSR count). The molecular weight excluding hydrogens is 367 g/mol. The van der Waals surface area contributed by atoms with E-state index in [4.69, 9.17) is 5.73 Å². The van der Waals surface area contributed by atoms with E-state index in [0.29, 0.717) is 12.5 Å². The number of aryl methyl sites for hydroxylation is 2. The summed E-state index contributed by atoms with van der Waals surface area (Å²) in [7, 11) is 1.82. The Bertz CT molecular complexity index is 560. The standard InChI is InChI=1S/C13H18N6.HI/c1-3-10-4-6-11(7-5-10)18-13(14)15-8-12-16-9-17-19(12)2;/h4-7,9H,3,8H2,1-2H3,(H3,14,15,18);1H. The number of hydrogen-bond donors (Lipinski definition) is 2. The van der Waals surface area contributed by atoms with Crippen LogP contribution in [0.2, 0.25) is 0 Å². The maximum absolute atomic E-state index is 5.82. The normalized spacial score (nSPS) is 11.0. The molecule has 0 aliphatic carbocycles. The molecule has 0 saturated carbocycles. The molecule has 0 aliphatic heterocycles. The van der Waals surface area contributed by atoms with E-state index in [-0.39, 0.29) is 24.0 Å². The highest BCUT2D eigenvalue weighted by Gasteiger charge is 2.00. The van der Waals surface area contributed by atoms with Crippen molar-refractivity contribution in [2.24, 2.45) is 17.8 Å². The number of aromatic nitrogens is 3. The quantitative estimate of drug-likeness (QED) is 0.478. The number of aliphatic imine (C=N–C) groups is 1. The lowest BCUT2D eigenvalue weighted by Crippen LogP contribution is -2.22. The largest absolute Gasteiger partial charge is 0.370 e. The number of nitrogens with zero attached hydrogens (tertiary/aromatic N) is 4. The molecule has 3 N–H and O–H groups in total. The van der Waals surface area contributed by atoms with Gasteiger partial charge >= 0.3 is 0 Å². The van der Waals surface area contributed by atoms with Gasteiger partial charge in [-0.2, -0.15) is 5.10 Å². The van der Waals surface area contributed by atoms with Gasteiger partial charge in [-0.05, 0) is 24.1 Å². The average molecular weight is 386 g/mol. The Morgan fingerprint density at radius 1 is 1.35 bits per heavy atom. The molecule has 1 aromatic carbocycles. The van der Waals surface area contributed by atoms with Crippen LogP contribution in [0.15, 0.2) is 35.6 Å². The third kappa shape index (κ3) is 4.48. The number of anilines is 1. The maximum Gasteiger partial charge on any atom is 0.193 e. The summed E-state index contributed by atoms with van der Waals surface area (Å²) < 4.78 is 1.67. The number of guanidine groups is 1. The molecule has 0 fully saturated rings.